The smallest absolute Gasteiger partial charge is 0.234 e. The van der Waals surface area contributed by atoms with E-state index in [0.29, 0.717) is 10.9 Å². The van der Waals surface area contributed by atoms with Crippen molar-refractivity contribution in [3.8, 4) is 0 Å². The van der Waals surface area contributed by atoms with Gasteiger partial charge in [-0.25, -0.2) is 9.97 Å². The second kappa shape index (κ2) is 9.03. The molecule has 1 fully saturated rings. The number of carbonyl (C=O) groups excluding carboxylic acids is 1. The molecule has 0 spiro atoms. The summed E-state index contributed by atoms with van der Waals surface area (Å²) >= 11 is 1.38. The average Bonchev–Trinajstić information content (AvgIpc) is 2.94. The van der Waals surface area contributed by atoms with Crippen LogP contribution in [0.2, 0.25) is 0 Å². The first-order valence-electron chi connectivity index (χ1n) is 9.20. The number of thioether (sulfide) groups is 1. The molecule has 2 aromatic rings. The highest BCUT2D eigenvalue weighted by atomic mass is 32.2. The molecule has 1 N–H and O–H groups in total. The van der Waals surface area contributed by atoms with Crippen LogP contribution in [0.1, 0.15) is 36.8 Å². The second-order valence-electron chi connectivity index (χ2n) is 6.68. The number of benzene rings is 1. The predicted molar refractivity (Wildman–Crippen MR) is 108 cm³/mol. The van der Waals surface area contributed by atoms with Crippen LogP contribution in [0.15, 0.2) is 35.6 Å². The topological polar surface area (TPSA) is 58.1 Å². The van der Waals surface area contributed by atoms with Gasteiger partial charge in [0, 0.05) is 25.0 Å². The van der Waals surface area contributed by atoms with Gasteiger partial charge in [-0.2, -0.15) is 0 Å². The molecule has 1 aromatic carbocycles. The van der Waals surface area contributed by atoms with Crippen molar-refractivity contribution < 1.29 is 4.79 Å². The molecular formula is C20H26N4OS. The summed E-state index contributed by atoms with van der Waals surface area (Å²) in [5, 5.41) is 3.64. The summed E-state index contributed by atoms with van der Waals surface area (Å²) in [6.07, 6.45) is 6.80. The molecule has 0 saturated carbocycles. The lowest BCUT2D eigenvalue weighted by atomic mass is 10.1. The zero-order chi connectivity index (χ0) is 18.4. The Morgan fingerprint density at radius 1 is 1.15 bits per heavy atom. The van der Waals surface area contributed by atoms with E-state index < -0.39 is 0 Å². The summed E-state index contributed by atoms with van der Waals surface area (Å²) in [5.74, 6) is 1.24. The molecule has 0 aliphatic carbocycles. The van der Waals surface area contributed by atoms with Crippen molar-refractivity contribution in [1.29, 1.82) is 0 Å². The second-order valence-corrected chi connectivity index (χ2v) is 7.63. The van der Waals surface area contributed by atoms with Gasteiger partial charge in [-0.05, 0) is 49.9 Å². The van der Waals surface area contributed by atoms with Crippen molar-refractivity contribution >= 4 is 29.2 Å². The first-order valence-corrected chi connectivity index (χ1v) is 10.2. The maximum absolute atomic E-state index is 12.3. The number of aromatic nitrogens is 2. The van der Waals surface area contributed by atoms with Crippen LogP contribution in [-0.2, 0) is 4.79 Å². The summed E-state index contributed by atoms with van der Waals surface area (Å²) in [5.41, 5.74) is 3.14. The maximum Gasteiger partial charge on any atom is 0.234 e. The number of hydrogen-bond donors (Lipinski definition) is 1. The molecule has 1 amide bonds. The van der Waals surface area contributed by atoms with Crippen molar-refractivity contribution in [3.05, 3.63) is 41.6 Å². The van der Waals surface area contributed by atoms with Gasteiger partial charge in [-0.3, -0.25) is 4.79 Å². The van der Waals surface area contributed by atoms with Gasteiger partial charge in [0.25, 0.3) is 0 Å². The Hall–Kier alpha value is -2.08. The van der Waals surface area contributed by atoms with E-state index in [0.717, 1.165) is 30.2 Å². The lowest BCUT2D eigenvalue weighted by Crippen LogP contribution is -2.25. The molecule has 0 radical (unpaired) electrons. The monoisotopic (exact) mass is 370 g/mol. The van der Waals surface area contributed by atoms with Crippen molar-refractivity contribution in [2.24, 2.45) is 0 Å². The minimum absolute atomic E-state index is 0.0347. The summed E-state index contributed by atoms with van der Waals surface area (Å²) < 4.78 is 0. The Morgan fingerprint density at radius 3 is 2.69 bits per heavy atom. The van der Waals surface area contributed by atoms with Crippen molar-refractivity contribution in [2.45, 2.75) is 44.7 Å². The summed E-state index contributed by atoms with van der Waals surface area (Å²) in [6, 6.07) is 7.90. The minimum atomic E-state index is -0.0347. The Bertz CT molecular complexity index is 757. The number of nitrogens with zero attached hydrogens (tertiary/aromatic N) is 3. The molecule has 26 heavy (non-hydrogen) atoms. The summed E-state index contributed by atoms with van der Waals surface area (Å²) in [7, 11) is 0. The number of aryl methyl sites for hydroxylation is 1. The number of nitrogens with one attached hydrogen (secondary N) is 1. The first kappa shape index (κ1) is 18.7. The lowest BCUT2D eigenvalue weighted by Gasteiger charge is -2.21. The van der Waals surface area contributed by atoms with Gasteiger partial charge in [-0.1, -0.05) is 36.7 Å². The molecule has 3 rings (SSSR count). The standard InChI is InChI=1S/C20H26N4OS/c1-15-8-7-9-17(16(15)2)22-19(25)14-26-20-21-11-10-18(23-20)24-12-5-3-4-6-13-24/h7-11H,3-6,12-14H2,1-2H3,(H,22,25). The first-order chi connectivity index (χ1) is 12.6. The van der Waals surface area contributed by atoms with Crippen molar-refractivity contribution in [3.63, 3.8) is 0 Å². The SMILES string of the molecule is Cc1cccc(NC(=O)CSc2nccc(N3CCCCCC3)n2)c1C. The summed E-state index contributed by atoms with van der Waals surface area (Å²) in [4.78, 5) is 23.6. The van der Waals surface area contributed by atoms with E-state index in [1.165, 1.54) is 43.0 Å². The fourth-order valence-corrected chi connectivity index (χ4v) is 3.71. The quantitative estimate of drug-likeness (QED) is 0.631. The van der Waals surface area contributed by atoms with Crippen LogP contribution in [0.5, 0.6) is 0 Å². The zero-order valence-electron chi connectivity index (χ0n) is 15.5. The fraction of sp³-hybridized carbons (Fsp3) is 0.450. The molecule has 6 heteroatoms. The minimum Gasteiger partial charge on any atom is -0.356 e. The normalized spacial score (nSPS) is 14.8. The van der Waals surface area contributed by atoms with Crippen LogP contribution in [0.4, 0.5) is 11.5 Å². The third kappa shape index (κ3) is 4.97. The highest BCUT2D eigenvalue weighted by Crippen LogP contribution is 2.22. The largest absolute Gasteiger partial charge is 0.356 e. The van der Waals surface area contributed by atoms with Gasteiger partial charge in [-0.15, -0.1) is 0 Å². The van der Waals surface area contributed by atoms with Crippen LogP contribution in [0.3, 0.4) is 0 Å². The van der Waals surface area contributed by atoms with E-state index in [1.807, 2.05) is 38.1 Å². The highest BCUT2D eigenvalue weighted by Gasteiger charge is 2.13. The van der Waals surface area contributed by atoms with Crippen LogP contribution < -0.4 is 10.2 Å². The Balaban J connectivity index is 1.58. The van der Waals surface area contributed by atoms with Crippen LogP contribution in [0, 0.1) is 13.8 Å². The molecular weight excluding hydrogens is 344 g/mol. The molecule has 0 bridgehead atoms. The third-order valence-electron chi connectivity index (χ3n) is 4.76. The Labute approximate surface area is 159 Å². The van der Waals surface area contributed by atoms with Crippen LogP contribution >= 0.6 is 11.8 Å². The molecule has 0 atom stereocenters. The van der Waals surface area contributed by atoms with E-state index in [2.05, 4.69) is 20.2 Å². The van der Waals surface area contributed by atoms with Gasteiger partial charge in [0.15, 0.2) is 5.16 Å². The predicted octanol–water partition coefficient (Wildman–Crippen LogP) is 4.20. The van der Waals surface area contributed by atoms with Gasteiger partial charge >= 0.3 is 0 Å². The van der Waals surface area contributed by atoms with E-state index in [1.54, 1.807) is 6.20 Å². The van der Waals surface area contributed by atoms with E-state index >= 15 is 0 Å². The number of rotatable bonds is 5. The maximum atomic E-state index is 12.3. The molecule has 5 nitrogen and oxygen atoms in total. The van der Waals surface area contributed by atoms with Crippen molar-refractivity contribution in [1.82, 2.24) is 9.97 Å². The molecule has 138 valence electrons. The lowest BCUT2D eigenvalue weighted by molar-refractivity contribution is -0.113. The molecule has 1 aliphatic rings. The van der Waals surface area contributed by atoms with E-state index in [-0.39, 0.29) is 5.91 Å². The number of hydrogen-bond acceptors (Lipinski definition) is 5. The van der Waals surface area contributed by atoms with Gasteiger partial charge in [0.1, 0.15) is 5.82 Å². The van der Waals surface area contributed by atoms with Crippen molar-refractivity contribution in [2.75, 3.05) is 29.1 Å². The van der Waals surface area contributed by atoms with E-state index in [9.17, 15) is 4.79 Å². The van der Waals surface area contributed by atoms with E-state index in [4.69, 9.17) is 0 Å². The Morgan fingerprint density at radius 2 is 1.92 bits per heavy atom. The molecule has 0 unspecified atom stereocenters. The van der Waals surface area contributed by atoms with Crippen LogP contribution in [0.25, 0.3) is 0 Å². The number of anilines is 2. The fourth-order valence-electron chi connectivity index (χ4n) is 3.08. The Kier molecular flexibility index (Phi) is 6.50. The van der Waals surface area contributed by atoms with Crippen LogP contribution in [-0.4, -0.2) is 34.7 Å². The molecule has 1 aliphatic heterocycles. The molecule has 1 aromatic heterocycles. The number of amides is 1. The summed E-state index contributed by atoms with van der Waals surface area (Å²) in [6.45, 7) is 6.16. The molecule has 2 heterocycles. The zero-order valence-corrected chi connectivity index (χ0v) is 16.3. The van der Waals surface area contributed by atoms with Gasteiger partial charge in [0.2, 0.25) is 5.91 Å². The number of carbonyl (C=O) groups is 1. The van der Waals surface area contributed by atoms with Gasteiger partial charge in [0.05, 0.1) is 5.75 Å². The molecule has 1 saturated heterocycles. The average molecular weight is 371 g/mol. The highest BCUT2D eigenvalue weighted by molar-refractivity contribution is 7.99. The van der Waals surface area contributed by atoms with Gasteiger partial charge < -0.3 is 10.2 Å². The third-order valence-corrected chi connectivity index (χ3v) is 5.62.